The summed E-state index contributed by atoms with van der Waals surface area (Å²) >= 11 is 0. The molecule has 132 valence electrons. The number of nitrogens with two attached hydrogens (primary N) is 1. The fourth-order valence-corrected chi connectivity index (χ4v) is 4.10. The molecule has 3 N–H and O–H groups in total. The maximum absolute atomic E-state index is 11.8. The first-order valence-corrected chi connectivity index (χ1v) is 9.43. The van der Waals surface area contributed by atoms with Crippen LogP contribution in [-0.4, -0.2) is 21.9 Å². The number of carbonyl (C=O) groups excluding carboxylic acids is 1. The molecule has 1 aromatic rings. The Kier molecular flexibility index (Phi) is 5.07. The van der Waals surface area contributed by atoms with Gasteiger partial charge in [0.05, 0.1) is 11.3 Å². The third-order valence-corrected chi connectivity index (χ3v) is 6.19. The van der Waals surface area contributed by atoms with Gasteiger partial charge in [-0.05, 0) is 56.3 Å². The van der Waals surface area contributed by atoms with E-state index >= 15 is 0 Å². The van der Waals surface area contributed by atoms with E-state index in [0.29, 0.717) is 23.0 Å². The fraction of sp³-hybridized carbons (Fsp3) is 0.737. The minimum Gasteiger partial charge on any atom is -0.365 e. The van der Waals surface area contributed by atoms with Gasteiger partial charge in [-0.15, -0.1) is 0 Å². The van der Waals surface area contributed by atoms with Crippen LogP contribution < -0.4 is 11.1 Å². The number of hydrogen-bond acceptors (Lipinski definition) is 4. The monoisotopic (exact) mass is 330 g/mol. The van der Waals surface area contributed by atoms with Crippen molar-refractivity contribution in [1.29, 1.82) is 0 Å². The first-order valence-electron chi connectivity index (χ1n) is 9.43. The molecule has 0 aromatic carbocycles. The van der Waals surface area contributed by atoms with Crippen molar-refractivity contribution in [3.8, 4) is 0 Å². The molecule has 2 aliphatic rings. The van der Waals surface area contributed by atoms with Crippen LogP contribution in [0.3, 0.4) is 0 Å². The molecule has 2 fully saturated rings. The first-order chi connectivity index (χ1) is 11.5. The number of primary amides is 1. The molecule has 2 saturated carbocycles. The third kappa shape index (κ3) is 3.70. The van der Waals surface area contributed by atoms with Crippen molar-refractivity contribution in [2.24, 2.45) is 17.1 Å². The van der Waals surface area contributed by atoms with Crippen LogP contribution in [0.2, 0.25) is 0 Å². The Morgan fingerprint density at radius 3 is 2.58 bits per heavy atom. The molecule has 0 saturated heterocycles. The Labute approximate surface area is 144 Å². The van der Waals surface area contributed by atoms with Crippen LogP contribution in [-0.2, 0) is 6.42 Å². The van der Waals surface area contributed by atoms with E-state index in [2.05, 4.69) is 24.1 Å². The van der Waals surface area contributed by atoms with Gasteiger partial charge < -0.3 is 11.1 Å². The minimum atomic E-state index is -0.423. The zero-order valence-electron chi connectivity index (χ0n) is 15.0. The van der Waals surface area contributed by atoms with Gasteiger partial charge in [0.1, 0.15) is 0 Å². The molecular formula is C19H30N4O. The summed E-state index contributed by atoms with van der Waals surface area (Å²) in [6.07, 6.45) is 12.1. The molecule has 0 bridgehead atoms. The van der Waals surface area contributed by atoms with Gasteiger partial charge in [-0.25, -0.2) is 9.97 Å². The molecule has 1 aromatic heterocycles. The second kappa shape index (κ2) is 7.08. The summed E-state index contributed by atoms with van der Waals surface area (Å²) < 4.78 is 0. The van der Waals surface area contributed by atoms with Crippen LogP contribution in [0.4, 0.5) is 5.95 Å². The van der Waals surface area contributed by atoms with Crippen LogP contribution in [0.1, 0.15) is 81.3 Å². The lowest BCUT2D eigenvalue weighted by molar-refractivity contribution is 0.0992. The van der Waals surface area contributed by atoms with Gasteiger partial charge in [0.15, 0.2) is 0 Å². The summed E-state index contributed by atoms with van der Waals surface area (Å²) in [7, 11) is 0. The number of anilines is 1. The van der Waals surface area contributed by atoms with Crippen LogP contribution in [0.5, 0.6) is 0 Å². The van der Waals surface area contributed by atoms with Crippen LogP contribution >= 0.6 is 0 Å². The molecule has 0 spiro atoms. The molecule has 0 radical (unpaired) electrons. The lowest BCUT2D eigenvalue weighted by atomic mass is 9.64. The third-order valence-electron chi connectivity index (χ3n) is 6.19. The van der Waals surface area contributed by atoms with Gasteiger partial charge >= 0.3 is 0 Å². The lowest BCUT2D eigenvalue weighted by Gasteiger charge is -2.41. The maximum atomic E-state index is 11.8. The molecule has 5 heteroatoms. The van der Waals surface area contributed by atoms with Gasteiger partial charge in [-0.1, -0.05) is 26.7 Å². The fourth-order valence-electron chi connectivity index (χ4n) is 4.10. The molecule has 3 rings (SSSR count). The highest BCUT2D eigenvalue weighted by molar-refractivity contribution is 5.93. The van der Waals surface area contributed by atoms with E-state index in [1.807, 2.05) is 0 Å². The highest BCUT2D eigenvalue weighted by Gasteiger charge is 2.36. The Morgan fingerprint density at radius 2 is 2.04 bits per heavy atom. The van der Waals surface area contributed by atoms with E-state index < -0.39 is 5.91 Å². The molecule has 2 aliphatic carbocycles. The van der Waals surface area contributed by atoms with E-state index in [4.69, 9.17) is 10.7 Å². The summed E-state index contributed by atoms with van der Waals surface area (Å²) in [6.45, 7) is 4.54. The van der Waals surface area contributed by atoms with E-state index in [-0.39, 0.29) is 0 Å². The highest BCUT2D eigenvalue weighted by Crippen LogP contribution is 2.46. The summed E-state index contributed by atoms with van der Waals surface area (Å²) in [6, 6.07) is 0.442. The maximum Gasteiger partial charge on any atom is 0.252 e. The lowest BCUT2D eigenvalue weighted by Crippen LogP contribution is -2.33. The van der Waals surface area contributed by atoms with Crippen LogP contribution in [0.25, 0.3) is 0 Å². The van der Waals surface area contributed by atoms with E-state index in [1.165, 1.54) is 32.1 Å². The SMILES string of the molecule is CCC1(Cc2nc(NC3CCC(C)CC3)ncc2C(N)=O)CCC1. The second-order valence-corrected chi connectivity index (χ2v) is 7.90. The average Bonchev–Trinajstić information content (AvgIpc) is 2.53. The Balaban J connectivity index is 1.76. The first kappa shape index (κ1) is 17.2. The van der Waals surface area contributed by atoms with Crippen LogP contribution in [0, 0.1) is 11.3 Å². The van der Waals surface area contributed by atoms with Crippen molar-refractivity contribution in [2.75, 3.05) is 5.32 Å². The Morgan fingerprint density at radius 1 is 1.33 bits per heavy atom. The second-order valence-electron chi connectivity index (χ2n) is 7.90. The number of rotatable bonds is 6. The minimum absolute atomic E-state index is 0.302. The van der Waals surface area contributed by atoms with E-state index in [0.717, 1.165) is 37.3 Å². The predicted molar refractivity (Wildman–Crippen MR) is 95.9 cm³/mol. The van der Waals surface area contributed by atoms with E-state index in [9.17, 15) is 4.79 Å². The van der Waals surface area contributed by atoms with Crippen molar-refractivity contribution >= 4 is 11.9 Å². The van der Waals surface area contributed by atoms with Crippen molar-refractivity contribution in [1.82, 2.24) is 9.97 Å². The van der Waals surface area contributed by atoms with Crippen molar-refractivity contribution < 1.29 is 4.79 Å². The number of carbonyl (C=O) groups is 1. The predicted octanol–water partition coefficient (Wildman–Crippen LogP) is 3.69. The number of nitrogens with one attached hydrogen (secondary N) is 1. The highest BCUT2D eigenvalue weighted by atomic mass is 16.1. The topological polar surface area (TPSA) is 80.9 Å². The molecule has 0 unspecified atom stereocenters. The van der Waals surface area contributed by atoms with Crippen molar-refractivity contribution in [2.45, 2.75) is 77.7 Å². The number of amides is 1. The number of nitrogens with zero attached hydrogens (tertiary/aromatic N) is 2. The quantitative estimate of drug-likeness (QED) is 0.833. The summed E-state index contributed by atoms with van der Waals surface area (Å²) in [4.78, 5) is 20.8. The van der Waals surface area contributed by atoms with Gasteiger partial charge in [0.25, 0.3) is 5.91 Å². The molecule has 1 heterocycles. The average molecular weight is 330 g/mol. The Hall–Kier alpha value is -1.65. The van der Waals surface area contributed by atoms with E-state index in [1.54, 1.807) is 6.20 Å². The van der Waals surface area contributed by atoms with Gasteiger partial charge in [-0.2, -0.15) is 0 Å². The molecule has 24 heavy (non-hydrogen) atoms. The van der Waals surface area contributed by atoms with Gasteiger partial charge in [-0.3, -0.25) is 4.79 Å². The molecular weight excluding hydrogens is 300 g/mol. The van der Waals surface area contributed by atoms with Crippen molar-refractivity contribution in [3.05, 3.63) is 17.5 Å². The number of aromatic nitrogens is 2. The zero-order chi connectivity index (χ0) is 17.2. The Bertz CT molecular complexity index is 584. The molecule has 5 nitrogen and oxygen atoms in total. The largest absolute Gasteiger partial charge is 0.365 e. The standard InChI is InChI=1S/C19H30N4O/c1-3-19(9-4-10-19)11-16-15(17(20)24)12-21-18(23-16)22-14-7-5-13(2)6-8-14/h12-14H,3-11H2,1-2H3,(H2,20,24)(H,21,22,23). The molecule has 0 aliphatic heterocycles. The van der Waals surface area contributed by atoms with Crippen molar-refractivity contribution in [3.63, 3.8) is 0 Å². The van der Waals surface area contributed by atoms with Gasteiger partial charge in [0.2, 0.25) is 5.95 Å². The summed E-state index contributed by atoms with van der Waals surface area (Å²) in [5, 5.41) is 3.47. The summed E-state index contributed by atoms with van der Waals surface area (Å²) in [5.41, 5.74) is 7.15. The number of hydrogen-bond donors (Lipinski definition) is 2. The summed E-state index contributed by atoms with van der Waals surface area (Å²) in [5.74, 6) is 1.05. The molecule has 1 amide bonds. The smallest absolute Gasteiger partial charge is 0.252 e. The zero-order valence-corrected chi connectivity index (χ0v) is 15.0. The van der Waals surface area contributed by atoms with Gasteiger partial charge in [0, 0.05) is 12.2 Å². The van der Waals surface area contributed by atoms with Crippen LogP contribution in [0.15, 0.2) is 6.20 Å². The normalized spacial score (nSPS) is 25.8. The molecule has 0 atom stereocenters.